The van der Waals surface area contributed by atoms with Crippen molar-refractivity contribution >= 4 is 28.7 Å². The molecule has 0 N–H and O–H groups in total. The number of fused-ring (bicyclic) bond motifs is 2. The van der Waals surface area contributed by atoms with Crippen LogP contribution in [0.3, 0.4) is 0 Å². The van der Waals surface area contributed by atoms with Crippen LogP contribution in [0.2, 0.25) is 0 Å². The van der Waals surface area contributed by atoms with Crippen molar-refractivity contribution in [1.82, 2.24) is 4.57 Å². The lowest BCUT2D eigenvalue weighted by atomic mass is 10.0. The van der Waals surface area contributed by atoms with Gasteiger partial charge >= 0.3 is 5.97 Å². The molecule has 1 aliphatic heterocycles. The van der Waals surface area contributed by atoms with E-state index in [1.54, 1.807) is 26.2 Å². The quantitative estimate of drug-likeness (QED) is 0.231. The molecule has 1 aromatic heterocycles. The van der Waals surface area contributed by atoms with Gasteiger partial charge in [0.2, 0.25) is 5.78 Å². The molecular weight excluding hydrogens is 437 g/mol. The first-order chi connectivity index (χ1) is 16.3. The van der Waals surface area contributed by atoms with Crippen LogP contribution in [-0.4, -0.2) is 23.4 Å². The highest BCUT2D eigenvalue weighted by molar-refractivity contribution is 6.16. The van der Waals surface area contributed by atoms with Crippen LogP contribution in [-0.2, 0) is 7.05 Å². The average Bonchev–Trinajstić information content (AvgIpc) is 3.29. The van der Waals surface area contributed by atoms with Gasteiger partial charge in [-0.05, 0) is 61.0 Å². The number of hydrogen-bond donors (Lipinski definition) is 0. The second-order valence-electron chi connectivity index (χ2n) is 8.03. The van der Waals surface area contributed by atoms with Gasteiger partial charge < -0.3 is 18.8 Å². The Morgan fingerprint density at radius 2 is 1.91 bits per heavy atom. The van der Waals surface area contributed by atoms with E-state index < -0.39 is 11.8 Å². The topological polar surface area (TPSA) is 66.8 Å². The summed E-state index contributed by atoms with van der Waals surface area (Å²) in [5.41, 5.74) is 2.89. The Bertz CT molecular complexity index is 1520. The highest BCUT2D eigenvalue weighted by atomic mass is 19.1. The van der Waals surface area contributed by atoms with E-state index in [-0.39, 0.29) is 22.9 Å². The van der Waals surface area contributed by atoms with E-state index in [0.29, 0.717) is 22.6 Å². The van der Waals surface area contributed by atoms with Crippen LogP contribution in [0.5, 0.6) is 17.2 Å². The number of ether oxygens (including phenoxy) is 3. The van der Waals surface area contributed by atoms with E-state index in [9.17, 15) is 14.0 Å². The lowest BCUT2D eigenvalue weighted by molar-refractivity contribution is 0.0734. The summed E-state index contributed by atoms with van der Waals surface area (Å²) >= 11 is 0. The van der Waals surface area contributed by atoms with E-state index in [1.165, 1.54) is 24.3 Å². The Morgan fingerprint density at radius 1 is 1.09 bits per heavy atom. The summed E-state index contributed by atoms with van der Waals surface area (Å²) in [4.78, 5) is 25.5. The minimum Gasteiger partial charge on any atom is -0.497 e. The Kier molecular flexibility index (Phi) is 5.17. The normalized spacial score (nSPS) is 13.8. The zero-order chi connectivity index (χ0) is 24.0. The number of methoxy groups -OCH3 is 1. The van der Waals surface area contributed by atoms with Gasteiger partial charge in [0.25, 0.3) is 0 Å². The van der Waals surface area contributed by atoms with Crippen molar-refractivity contribution in [2.24, 2.45) is 7.05 Å². The monoisotopic (exact) mass is 457 g/mol. The molecule has 7 heteroatoms. The molecule has 3 aromatic carbocycles. The van der Waals surface area contributed by atoms with Gasteiger partial charge in [0.15, 0.2) is 5.76 Å². The van der Waals surface area contributed by atoms with E-state index in [1.807, 2.05) is 36.0 Å². The number of carbonyl (C=O) groups is 2. The third-order valence-electron chi connectivity index (χ3n) is 5.73. The SMILES string of the molecule is COc1ccc2c(c1)c(/C=C1\Oc3cc(OC(=O)c4cccc(F)c4)cc(C)c3C1=O)cn2C. The Balaban J connectivity index is 1.47. The van der Waals surface area contributed by atoms with Gasteiger partial charge in [0.05, 0.1) is 18.2 Å². The number of aryl methyl sites for hydroxylation is 2. The molecule has 1 aliphatic rings. The summed E-state index contributed by atoms with van der Waals surface area (Å²) in [5.74, 6) is -0.109. The van der Waals surface area contributed by atoms with Crippen molar-refractivity contribution in [2.75, 3.05) is 7.11 Å². The first-order valence-corrected chi connectivity index (χ1v) is 10.5. The van der Waals surface area contributed by atoms with Crippen LogP contribution in [0.1, 0.15) is 31.8 Å². The zero-order valence-electron chi connectivity index (χ0n) is 18.7. The van der Waals surface area contributed by atoms with Crippen LogP contribution >= 0.6 is 0 Å². The Hall–Kier alpha value is -4.39. The highest BCUT2D eigenvalue weighted by Gasteiger charge is 2.30. The van der Waals surface area contributed by atoms with Crippen molar-refractivity contribution in [1.29, 1.82) is 0 Å². The summed E-state index contributed by atoms with van der Waals surface area (Å²) in [7, 11) is 3.52. The predicted molar refractivity (Wildman–Crippen MR) is 125 cm³/mol. The minimum atomic E-state index is -0.705. The third-order valence-corrected chi connectivity index (χ3v) is 5.73. The molecule has 0 saturated heterocycles. The van der Waals surface area contributed by atoms with Gasteiger partial charge in [0, 0.05) is 35.8 Å². The van der Waals surface area contributed by atoms with Crippen molar-refractivity contribution < 1.29 is 28.2 Å². The number of carbonyl (C=O) groups excluding carboxylic acids is 2. The number of Topliss-reactive ketones (excluding diaryl/α,β-unsaturated/α-hetero) is 1. The number of rotatable bonds is 4. The maximum Gasteiger partial charge on any atom is 0.343 e. The largest absolute Gasteiger partial charge is 0.497 e. The Morgan fingerprint density at radius 3 is 2.68 bits per heavy atom. The smallest absolute Gasteiger partial charge is 0.343 e. The first kappa shape index (κ1) is 21.5. The second-order valence-corrected chi connectivity index (χ2v) is 8.03. The molecule has 0 bridgehead atoms. The van der Waals surface area contributed by atoms with Crippen molar-refractivity contribution in [3.05, 3.63) is 94.6 Å². The number of allylic oxidation sites excluding steroid dienone is 1. The van der Waals surface area contributed by atoms with Gasteiger partial charge in [-0.1, -0.05) is 6.07 Å². The Labute approximate surface area is 194 Å². The van der Waals surface area contributed by atoms with Gasteiger partial charge in [-0.25, -0.2) is 9.18 Å². The molecule has 0 radical (unpaired) electrons. The number of esters is 1. The number of benzene rings is 3. The lowest BCUT2D eigenvalue weighted by Crippen LogP contribution is -2.09. The number of aromatic nitrogens is 1. The van der Waals surface area contributed by atoms with E-state index in [0.717, 1.165) is 22.5 Å². The van der Waals surface area contributed by atoms with Gasteiger partial charge in [-0.3, -0.25) is 4.79 Å². The van der Waals surface area contributed by atoms with E-state index in [4.69, 9.17) is 14.2 Å². The third kappa shape index (κ3) is 3.71. The molecular formula is C27H20FNO5. The van der Waals surface area contributed by atoms with Crippen LogP contribution in [0.15, 0.2) is 66.6 Å². The molecule has 0 spiro atoms. The highest BCUT2D eigenvalue weighted by Crippen LogP contribution is 2.38. The van der Waals surface area contributed by atoms with Crippen molar-refractivity contribution in [2.45, 2.75) is 6.92 Å². The van der Waals surface area contributed by atoms with Crippen molar-refractivity contribution in [3.8, 4) is 17.2 Å². The van der Waals surface area contributed by atoms with Crippen LogP contribution in [0.4, 0.5) is 4.39 Å². The lowest BCUT2D eigenvalue weighted by Gasteiger charge is -2.08. The molecule has 0 amide bonds. The average molecular weight is 457 g/mol. The first-order valence-electron chi connectivity index (χ1n) is 10.5. The molecule has 6 nitrogen and oxygen atoms in total. The van der Waals surface area contributed by atoms with Crippen LogP contribution < -0.4 is 14.2 Å². The molecule has 34 heavy (non-hydrogen) atoms. The standard InChI is InChI=1S/C27H20FNO5/c1-15-9-20(33-27(31)16-5-4-6-18(28)10-16)13-23-25(15)26(30)24(34-23)11-17-14-29(2)22-8-7-19(32-3)12-21(17)22/h4-14H,1-3H3/b24-11-. The summed E-state index contributed by atoms with van der Waals surface area (Å²) in [6.45, 7) is 1.74. The van der Waals surface area contributed by atoms with Gasteiger partial charge in [-0.2, -0.15) is 0 Å². The maximum absolute atomic E-state index is 13.4. The van der Waals surface area contributed by atoms with Crippen LogP contribution in [0.25, 0.3) is 17.0 Å². The number of ketones is 1. The molecule has 0 atom stereocenters. The van der Waals surface area contributed by atoms with Gasteiger partial charge in [0.1, 0.15) is 23.1 Å². The summed E-state index contributed by atoms with van der Waals surface area (Å²) in [6.07, 6.45) is 3.61. The predicted octanol–water partition coefficient (Wildman–Crippen LogP) is 5.47. The molecule has 2 heterocycles. The molecule has 5 rings (SSSR count). The summed E-state index contributed by atoms with van der Waals surface area (Å²) in [6, 6.07) is 14.1. The van der Waals surface area contributed by atoms with E-state index >= 15 is 0 Å². The molecule has 0 unspecified atom stereocenters. The fourth-order valence-electron chi connectivity index (χ4n) is 4.10. The van der Waals surface area contributed by atoms with Crippen molar-refractivity contribution in [3.63, 3.8) is 0 Å². The molecule has 0 saturated carbocycles. The fraction of sp³-hybridized carbons (Fsp3) is 0.111. The second kappa shape index (κ2) is 8.19. The van der Waals surface area contributed by atoms with Crippen LogP contribution in [0, 0.1) is 12.7 Å². The fourth-order valence-corrected chi connectivity index (χ4v) is 4.10. The minimum absolute atomic E-state index is 0.0853. The van der Waals surface area contributed by atoms with E-state index in [2.05, 4.69) is 0 Å². The number of halogens is 1. The number of hydrogen-bond acceptors (Lipinski definition) is 5. The zero-order valence-corrected chi connectivity index (χ0v) is 18.7. The maximum atomic E-state index is 13.4. The number of nitrogens with zero attached hydrogens (tertiary/aromatic N) is 1. The molecule has 4 aromatic rings. The molecule has 0 fully saturated rings. The van der Waals surface area contributed by atoms with Gasteiger partial charge in [-0.15, -0.1) is 0 Å². The summed E-state index contributed by atoms with van der Waals surface area (Å²) < 4.78 is 32.0. The molecule has 170 valence electrons. The molecule has 0 aliphatic carbocycles. The summed E-state index contributed by atoms with van der Waals surface area (Å²) in [5, 5.41) is 0.920.